The van der Waals surface area contributed by atoms with Gasteiger partial charge in [0.05, 0.1) is 26.0 Å². The number of amides is 2. The summed E-state index contributed by atoms with van der Waals surface area (Å²) in [6.07, 6.45) is 5.01. The van der Waals surface area contributed by atoms with Crippen LogP contribution in [0.2, 0.25) is 0 Å². The Bertz CT molecular complexity index is 1040. The van der Waals surface area contributed by atoms with Crippen molar-refractivity contribution in [3.8, 4) is 5.75 Å². The molecule has 1 aliphatic heterocycles. The molecule has 0 radical (unpaired) electrons. The van der Waals surface area contributed by atoms with Crippen molar-refractivity contribution in [1.29, 1.82) is 0 Å². The second-order valence-electron chi connectivity index (χ2n) is 8.32. The van der Waals surface area contributed by atoms with Crippen LogP contribution in [-0.2, 0) is 16.4 Å². The molecule has 2 amide bonds. The molecule has 1 N–H and O–H groups in total. The highest BCUT2D eigenvalue weighted by molar-refractivity contribution is 7.88. The summed E-state index contributed by atoms with van der Waals surface area (Å²) in [6, 6.07) is 15.7. The van der Waals surface area contributed by atoms with Crippen LogP contribution in [0.25, 0.3) is 0 Å². The first kappa shape index (κ1) is 21.6. The van der Waals surface area contributed by atoms with E-state index < -0.39 is 10.0 Å². The van der Waals surface area contributed by atoms with Gasteiger partial charge in [-0.2, -0.15) is 0 Å². The van der Waals surface area contributed by atoms with Gasteiger partial charge in [0.25, 0.3) is 0 Å². The molecule has 2 aromatic rings. The van der Waals surface area contributed by atoms with Gasteiger partial charge < -0.3 is 9.64 Å². The van der Waals surface area contributed by atoms with E-state index in [1.54, 1.807) is 7.11 Å². The number of carbonyl (C=O) groups excluding carboxylic acids is 1. The molecular formula is C23H29N3O4S. The van der Waals surface area contributed by atoms with Gasteiger partial charge >= 0.3 is 6.03 Å². The molecule has 7 nitrogen and oxygen atoms in total. The van der Waals surface area contributed by atoms with Crippen LogP contribution in [0.3, 0.4) is 0 Å². The van der Waals surface area contributed by atoms with E-state index in [9.17, 15) is 13.2 Å². The van der Waals surface area contributed by atoms with E-state index in [0.717, 1.165) is 30.4 Å². The molecule has 1 atom stereocenters. The van der Waals surface area contributed by atoms with Crippen LogP contribution in [0.5, 0.6) is 5.75 Å². The molecule has 1 aliphatic carbocycles. The Morgan fingerprint density at radius 1 is 1.06 bits per heavy atom. The number of hydrogen-bond donors (Lipinski definition) is 1. The summed E-state index contributed by atoms with van der Waals surface area (Å²) >= 11 is 0. The molecule has 0 spiro atoms. The molecule has 1 heterocycles. The molecule has 0 aromatic heterocycles. The highest BCUT2D eigenvalue weighted by Gasteiger charge is 2.41. The van der Waals surface area contributed by atoms with E-state index in [1.807, 2.05) is 41.3 Å². The Hall–Kier alpha value is -2.58. The number of hydrogen-bond acceptors (Lipinski definition) is 4. The third-order valence-corrected chi connectivity index (χ3v) is 6.43. The Morgan fingerprint density at radius 3 is 2.35 bits per heavy atom. The fourth-order valence-electron chi connectivity index (χ4n) is 4.26. The first-order valence-corrected chi connectivity index (χ1v) is 12.5. The largest absolute Gasteiger partial charge is 0.497 e. The second-order valence-corrected chi connectivity index (χ2v) is 10.0. The quantitative estimate of drug-likeness (QED) is 0.644. The van der Waals surface area contributed by atoms with Gasteiger partial charge in [-0.15, -0.1) is 4.83 Å². The van der Waals surface area contributed by atoms with Crippen LogP contribution in [0.4, 0.5) is 4.79 Å². The summed E-state index contributed by atoms with van der Waals surface area (Å²) in [5.41, 5.74) is 3.58. The summed E-state index contributed by atoms with van der Waals surface area (Å²) < 4.78 is 28.8. The summed E-state index contributed by atoms with van der Waals surface area (Å²) in [5, 5.41) is 1.23. The predicted octanol–water partition coefficient (Wildman–Crippen LogP) is 3.45. The van der Waals surface area contributed by atoms with Crippen molar-refractivity contribution in [2.75, 3.05) is 26.5 Å². The molecule has 1 saturated carbocycles. The van der Waals surface area contributed by atoms with Gasteiger partial charge in [0, 0.05) is 6.54 Å². The lowest BCUT2D eigenvalue weighted by atomic mass is 9.96. The zero-order valence-corrected chi connectivity index (χ0v) is 18.8. The van der Waals surface area contributed by atoms with Crippen molar-refractivity contribution in [2.45, 2.75) is 37.6 Å². The number of rotatable bonds is 9. The van der Waals surface area contributed by atoms with Crippen molar-refractivity contribution in [3.05, 3.63) is 65.2 Å². The lowest BCUT2D eigenvalue weighted by Crippen LogP contribution is -2.44. The van der Waals surface area contributed by atoms with E-state index in [0.29, 0.717) is 19.0 Å². The third kappa shape index (κ3) is 5.19. The Kier molecular flexibility index (Phi) is 6.20. The van der Waals surface area contributed by atoms with Gasteiger partial charge in [-0.05, 0) is 60.4 Å². The highest BCUT2D eigenvalue weighted by Crippen LogP contribution is 2.44. The number of nitrogens with zero attached hydrogens (tertiary/aromatic N) is 2. The second kappa shape index (κ2) is 8.88. The zero-order chi connectivity index (χ0) is 22.0. The van der Waals surface area contributed by atoms with Crippen molar-refractivity contribution in [2.24, 2.45) is 0 Å². The average Bonchev–Trinajstić information content (AvgIpc) is 3.55. The first-order chi connectivity index (χ1) is 14.9. The van der Waals surface area contributed by atoms with Crippen molar-refractivity contribution in [1.82, 2.24) is 14.7 Å². The zero-order valence-electron chi connectivity index (χ0n) is 18.0. The van der Waals surface area contributed by atoms with E-state index in [2.05, 4.69) is 17.0 Å². The third-order valence-electron chi connectivity index (χ3n) is 5.88. The summed E-state index contributed by atoms with van der Waals surface area (Å²) in [7, 11) is -1.89. The summed E-state index contributed by atoms with van der Waals surface area (Å²) in [6.45, 7) is 0.856. The Labute approximate surface area is 184 Å². The number of methoxy groups -OCH3 is 1. The van der Waals surface area contributed by atoms with Gasteiger partial charge in [-0.1, -0.05) is 36.4 Å². The molecule has 4 rings (SSSR count). The average molecular weight is 444 g/mol. The van der Waals surface area contributed by atoms with Crippen molar-refractivity contribution in [3.63, 3.8) is 0 Å². The standard InChI is InChI=1S/C23H29N3O4S/c1-30-19-13-9-17(10-14-19)6-5-15-25-22(16-26(23(25)27)24-31(2,28)29)21-8-4-3-7-20(21)18-11-12-18/h3-4,7-10,13-14,18,22,24H,5-6,11-12,15-16H2,1-2H3. The number of aryl methyl sites for hydroxylation is 1. The molecule has 31 heavy (non-hydrogen) atoms. The molecule has 2 fully saturated rings. The van der Waals surface area contributed by atoms with Gasteiger partial charge in [0.2, 0.25) is 10.0 Å². The number of ether oxygens (including phenoxy) is 1. The lowest BCUT2D eigenvalue weighted by molar-refractivity contribution is 0.181. The minimum atomic E-state index is -3.54. The van der Waals surface area contributed by atoms with Crippen LogP contribution >= 0.6 is 0 Å². The maximum atomic E-state index is 13.1. The molecule has 1 saturated heterocycles. The fraction of sp³-hybridized carbons (Fsp3) is 0.435. The van der Waals surface area contributed by atoms with Gasteiger partial charge in [-0.3, -0.25) is 0 Å². The first-order valence-electron chi connectivity index (χ1n) is 10.6. The number of carbonyl (C=O) groups is 1. The lowest BCUT2D eigenvalue weighted by Gasteiger charge is -2.25. The molecule has 2 aromatic carbocycles. The van der Waals surface area contributed by atoms with Crippen LogP contribution < -0.4 is 9.57 Å². The predicted molar refractivity (Wildman–Crippen MR) is 119 cm³/mol. The maximum Gasteiger partial charge on any atom is 0.335 e. The van der Waals surface area contributed by atoms with Gasteiger partial charge in [-0.25, -0.2) is 18.2 Å². The van der Waals surface area contributed by atoms with E-state index in [1.165, 1.54) is 29.0 Å². The molecule has 166 valence electrons. The molecule has 8 heteroatoms. The minimum Gasteiger partial charge on any atom is -0.497 e. The Morgan fingerprint density at radius 2 is 1.74 bits per heavy atom. The fourth-order valence-corrected chi connectivity index (χ4v) is 4.81. The number of nitrogens with one attached hydrogen (secondary N) is 1. The van der Waals surface area contributed by atoms with E-state index in [4.69, 9.17) is 4.74 Å². The van der Waals surface area contributed by atoms with Crippen LogP contribution in [0.1, 0.15) is 47.9 Å². The Balaban J connectivity index is 1.52. The number of urea groups is 1. The van der Waals surface area contributed by atoms with Crippen LogP contribution in [0, 0.1) is 0 Å². The molecule has 0 bridgehead atoms. The van der Waals surface area contributed by atoms with Gasteiger partial charge in [0.15, 0.2) is 0 Å². The minimum absolute atomic E-state index is 0.172. The van der Waals surface area contributed by atoms with Gasteiger partial charge in [0.1, 0.15) is 5.75 Å². The van der Waals surface area contributed by atoms with Crippen LogP contribution in [0.15, 0.2) is 48.5 Å². The van der Waals surface area contributed by atoms with Crippen LogP contribution in [-0.4, -0.2) is 50.8 Å². The topological polar surface area (TPSA) is 79.0 Å². The molecule has 1 unspecified atom stereocenters. The van der Waals surface area contributed by atoms with E-state index >= 15 is 0 Å². The normalized spacial score (nSPS) is 19.2. The maximum absolute atomic E-state index is 13.1. The monoisotopic (exact) mass is 443 g/mol. The summed E-state index contributed by atoms with van der Waals surface area (Å²) in [5.74, 6) is 1.36. The number of sulfonamides is 1. The summed E-state index contributed by atoms with van der Waals surface area (Å²) in [4.78, 5) is 17.3. The molecule has 2 aliphatic rings. The smallest absolute Gasteiger partial charge is 0.335 e. The highest BCUT2D eigenvalue weighted by atomic mass is 32.2. The SMILES string of the molecule is COc1ccc(CCCN2C(=O)N(NS(C)(=O)=O)CC2c2ccccc2C2CC2)cc1. The molecular weight excluding hydrogens is 414 g/mol. The number of benzene rings is 2. The van der Waals surface area contributed by atoms with Crippen molar-refractivity contribution >= 4 is 16.1 Å². The van der Waals surface area contributed by atoms with Crippen molar-refractivity contribution < 1.29 is 17.9 Å². The van der Waals surface area contributed by atoms with E-state index in [-0.39, 0.29) is 12.1 Å². The number of hydrazine groups is 1.